The van der Waals surface area contributed by atoms with E-state index in [2.05, 4.69) is 51.6 Å². The van der Waals surface area contributed by atoms with Crippen LogP contribution in [0, 0.1) is 6.92 Å². The predicted molar refractivity (Wildman–Crippen MR) is 122 cm³/mol. The quantitative estimate of drug-likeness (QED) is 0.411. The van der Waals surface area contributed by atoms with Gasteiger partial charge in [0, 0.05) is 35.8 Å². The Bertz CT molecular complexity index is 1320. The van der Waals surface area contributed by atoms with Crippen LogP contribution < -0.4 is 5.32 Å². The lowest BCUT2D eigenvalue weighted by Crippen LogP contribution is -2.09. The average Bonchev–Trinajstić information content (AvgIpc) is 3.30. The number of aromatic nitrogens is 4. The third-order valence-corrected chi connectivity index (χ3v) is 5.06. The van der Waals surface area contributed by atoms with Gasteiger partial charge in [-0.05, 0) is 48.9 Å². The number of anilines is 1. The summed E-state index contributed by atoms with van der Waals surface area (Å²) < 4.78 is 5.54. The predicted octanol–water partition coefficient (Wildman–Crippen LogP) is 5.31. The fraction of sp³-hybridized carbons (Fsp3) is 0.120. The van der Waals surface area contributed by atoms with Gasteiger partial charge in [0.05, 0.1) is 11.1 Å². The second kappa shape index (κ2) is 8.36. The molecule has 0 atom stereocenters. The number of nitrogens with zero attached hydrogens (tertiary/aromatic N) is 4. The molecular formula is C25H21N5O. The highest BCUT2D eigenvalue weighted by Crippen LogP contribution is 2.30. The summed E-state index contributed by atoms with van der Waals surface area (Å²) in [6, 6.07) is 24.0. The van der Waals surface area contributed by atoms with Crippen LogP contribution >= 0.6 is 0 Å². The van der Waals surface area contributed by atoms with E-state index in [1.807, 2.05) is 54.7 Å². The second-order valence-electron chi connectivity index (χ2n) is 7.37. The third-order valence-electron chi connectivity index (χ3n) is 5.06. The van der Waals surface area contributed by atoms with E-state index in [1.54, 1.807) is 0 Å². The Kier molecular flexibility index (Phi) is 5.10. The molecule has 0 saturated heterocycles. The van der Waals surface area contributed by atoms with Crippen LogP contribution in [0.1, 0.15) is 11.3 Å². The lowest BCUT2D eigenvalue weighted by Gasteiger charge is -2.11. The Morgan fingerprint density at radius 2 is 1.77 bits per heavy atom. The lowest BCUT2D eigenvalue weighted by molar-refractivity contribution is 0.432. The summed E-state index contributed by atoms with van der Waals surface area (Å²) in [5.74, 6) is 1.72. The molecule has 0 aliphatic carbocycles. The molecular weight excluding hydrogens is 386 g/mol. The van der Waals surface area contributed by atoms with Crippen molar-refractivity contribution in [3.8, 4) is 22.8 Å². The highest BCUT2D eigenvalue weighted by atomic mass is 16.5. The molecule has 2 aromatic carbocycles. The van der Waals surface area contributed by atoms with E-state index in [0.717, 1.165) is 45.5 Å². The van der Waals surface area contributed by atoms with Crippen LogP contribution in [0.25, 0.3) is 33.7 Å². The van der Waals surface area contributed by atoms with Crippen LogP contribution in [0.4, 0.5) is 5.82 Å². The van der Waals surface area contributed by atoms with Gasteiger partial charge in [-0.15, -0.1) is 0 Å². The van der Waals surface area contributed by atoms with Crippen molar-refractivity contribution < 1.29 is 4.52 Å². The Balaban J connectivity index is 1.50. The summed E-state index contributed by atoms with van der Waals surface area (Å²) in [4.78, 5) is 13.9. The highest BCUT2D eigenvalue weighted by molar-refractivity contribution is 5.88. The van der Waals surface area contributed by atoms with Gasteiger partial charge in [-0.2, -0.15) is 4.98 Å². The lowest BCUT2D eigenvalue weighted by atomic mass is 10.1. The van der Waals surface area contributed by atoms with Gasteiger partial charge in [0.1, 0.15) is 5.82 Å². The zero-order chi connectivity index (χ0) is 21.0. The van der Waals surface area contributed by atoms with Crippen LogP contribution in [0.15, 0.2) is 83.5 Å². The van der Waals surface area contributed by atoms with Gasteiger partial charge in [0.15, 0.2) is 0 Å². The average molecular weight is 407 g/mol. The smallest absolute Gasteiger partial charge is 0.258 e. The molecule has 0 aliphatic heterocycles. The number of fused-ring (bicyclic) bond motifs is 1. The van der Waals surface area contributed by atoms with Crippen molar-refractivity contribution in [3.63, 3.8) is 0 Å². The van der Waals surface area contributed by atoms with Gasteiger partial charge in [-0.25, -0.2) is 4.98 Å². The van der Waals surface area contributed by atoms with E-state index in [9.17, 15) is 0 Å². The highest BCUT2D eigenvalue weighted by Gasteiger charge is 2.16. The van der Waals surface area contributed by atoms with Crippen LogP contribution in [-0.4, -0.2) is 26.7 Å². The maximum Gasteiger partial charge on any atom is 0.258 e. The maximum atomic E-state index is 5.54. The first-order valence-corrected chi connectivity index (χ1v) is 10.2. The molecule has 1 N–H and O–H groups in total. The van der Waals surface area contributed by atoms with Crippen molar-refractivity contribution in [1.82, 2.24) is 20.1 Å². The van der Waals surface area contributed by atoms with Crippen LogP contribution in [-0.2, 0) is 6.42 Å². The molecule has 0 spiro atoms. The molecule has 0 unspecified atom stereocenters. The Labute approximate surface area is 180 Å². The van der Waals surface area contributed by atoms with Gasteiger partial charge in [0.2, 0.25) is 5.82 Å². The standard InChI is InChI=1S/C25H21N5O/c1-17-10-11-19-16-21(24-29-25(31-30-24)18-7-3-2-4-8-18)23(28-22(19)15-17)27-14-12-20-9-5-6-13-26-20/h2-11,13,15-16H,12,14H2,1H3,(H,27,28). The van der Waals surface area contributed by atoms with Gasteiger partial charge in [-0.1, -0.05) is 41.6 Å². The summed E-state index contributed by atoms with van der Waals surface area (Å²) in [5, 5.41) is 8.71. The number of aryl methyl sites for hydroxylation is 1. The number of hydrogen-bond acceptors (Lipinski definition) is 6. The van der Waals surface area contributed by atoms with Crippen LogP contribution in [0.2, 0.25) is 0 Å². The largest absolute Gasteiger partial charge is 0.369 e. The van der Waals surface area contributed by atoms with Crippen LogP contribution in [0.5, 0.6) is 0 Å². The number of benzene rings is 2. The van der Waals surface area contributed by atoms with E-state index >= 15 is 0 Å². The van der Waals surface area contributed by atoms with Crippen molar-refractivity contribution in [1.29, 1.82) is 0 Å². The number of hydrogen-bond donors (Lipinski definition) is 1. The monoisotopic (exact) mass is 407 g/mol. The Morgan fingerprint density at radius 3 is 2.61 bits per heavy atom. The molecule has 152 valence electrons. The second-order valence-corrected chi connectivity index (χ2v) is 7.37. The van der Waals surface area contributed by atoms with E-state index in [4.69, 9.17) is 9.51 Å². The van der Waals surface area contributed by atoms with Gasteiger partial charge >= 0.3 is 0 Å². The zero-order valence-electron chi connectivity index (χ0n) is 17.1. The first-order chi connectivity index (χ1) is 15.3. The van der Waals surface area contributed by atoms with Crippen molar-refractivity contribution >= 4 is 16.7 Å². The molecule has 0 fully saturated rings. The van der Waals surface area contributed by atoms with Crippen molar-refractivity contribution in [2.24, 2.45) is 0 Å². The molecule has 0 aliphatic rings. The van der Waals surface area contributed by atoms with E-state index in [1.165, 1.54) is 0 Å². The van der Waals surface area contributed by atoms with E-state index < -0.39 is 0 Å². The molecule has 31 heavy (non-hydrogen) atoms. The molecule has 0 saturated carbocycles. The SMILES string of the molecule is Cc1ccc2cc(-c3noc(-c4ccccc4)n3)c(NCCc3ccccn3)nc2c1. The number of nitrogens with one attached hydrogen (secondary N) is 1. The van der Waals surface area contributed by atoms with Crippen molar-refractivity contribution in [2.45, 2.75) is 13.3 Å². The summed E-state index contributed by atoms with van der Waals surface area (Å²) in [6.07, 6.45) is 2.59. The Morgan fingerprint density at radius 1 is 0.903 bits per heavy atom. The molecule has 3 heterocycles. The van der Waals surface area contributed by atoms with E-state index in [-0.39, 0.29) is 0 Å². The molecule has 0 bridgehead atoms. The minimum Gasteiger partial charge on any atom is -0.369 e. The number of rotatable bonds is 6. The molecule has 5 rings (SSSR count). The summed E-state index contributed by atoms with van der Waals surface area (Å²) >= 11 is 0. The summed E-state index contributed by atoms with van der Waals surface area (Å²) in [6.45, 7) is 2.76. The first kappa shape index (κ1) is 18.9. The molecule has 6 nitrogen and oxygen atoms in total. The molecule has 0 amide bonds. The maximum absolute atomic E-state index is 5.54. The fourth-order valence-electron chi connectivity index (χ4n) is 3.47. The minimum atomic E-state index is 0.485. The van der Waals surface area contributed by atoms with Crippen molar-refractivity contribution in [3.05, 3.63) is 90.3 Å². The molecule has 0 radical (unpaired) electrons. The molecule has 6 heteroatoms. The fourth-order valence-corrected chi connectivity index (χ4v) is 3.47. The van der Waals surface area contributed by atoms with Gasteiger partial charge in [0.25, 0.3) is 5.89 Å². The van der Waals surface area contributed by atoms with Gasteiger partial charge < -0.3 is 9.84 Å². The van der Waals surface area contributed by atoms with E-state index in [0.29, 0.717) is 18.3 Å². The third kappa shape index (κ3) is 4.14. The van der Waals surface area contributed by atoms with Crippen LogP contribution in [0.3, 0.4) is 0 Å². The zero-order valence-corrected chi connectivity index (χ0v) is 17.1. The van der Waals surface area contributed by atoms with Crippen molar-refractivity contribution in [2.75, 3.05) is 11.9 Å². The first-order valence-electron chi connectivity index (χ1n) is 10.2. The summed E-state index contributed by atoms with van der Waals surface area (Å²) in [5.41, 5.74) is 4.81. The normalized spacial score (nSPS) is 11.0. The summed E-state index contributed by atoms with van der Waals surface area (Å²) in [7, 11) is 0. The van der Waals surface area contributed by atoms with Gasteiger partial charge in [-0.3, -0.25) is 4.98 Å². The minimum absolute atomic E-state index is 0.485. The molecule has 3 aromatic heterocycles. The molecule has 5 aromatic rings. The number of pyridine rings is 2. The topological polar surface area (TPSA) is 76.7 Å². The Hall–Kier alpha value is -4.06.